The maximum absolute atomic E-state index is 12.0. The molecule has 0 bridgehead atoms. The molecule has 0 saturated heterocycles. The Morgan fingerprint density at radius 3 is 2.15 bits per heavy atom. The first kappa shape index (κ1) is 20.8. The van der Waals surface area contributed by atoms with Crippen molar-refractivity contribution >= 4 is 64.1 Å². The second-order valence-electron chi connectivity index (χ2n) is 5.18. The number of amides is 2. The van der Waals surface area contributed by atoms with Gasteiger partial charge in [-0.15, -0.1) is 11.8 Å². The van der Waals surface area contributed by atoms with Crippen molar-refractivity contribution in [3.8, 4) is 0 Å². The molecular weight excluding hydrogens is 411 g/mol. The number of rotatable bonds is 7. The summed E-state index contributed by atoms with van der Waals surface area (Å²) in [5.41, 5.74) is 1.03. The number of carbonyl (C=O) groups excluding carboxylic acids is 2. The highest BCUT2D eigenvalue weighted by Gasteiger charge is 2.06. The summed E-state index contributed by atoms with van der Waals surface area (Å²) in [6.07, 6.45) is 1.68. The highest BCUT2D eigenvalue weighted by molar-refractivity contribution is 8.00. The summed E-state index contributed by atoms with van der Waals surface area (Å²) in [6.45, 7) is 0. The largest absolute Gasteiger partial charge is 0.478 e. The van der Waals surface area contributed by atoms with E-state index in [1.807, 2.05) is 0 Å². The zero-order chi connectivity index (χ0) is 19.8. The van der Waals surface area contributed by atoms with Crippen LogP contribution < -0.4 is 10.6 Å². The molecule has 2 amide bonds. The number of carboxylic acid groups (broad SMARTS) is 1. The molecule has 0 heterocycles. The number of nitrogens with one attached hydrogen (secondary N) is 2. The summed E-state index contributed by atoms with van der Waals surface area (Å²) in [5.74, 6) is -1.78. The maximum atomic E-state index is 12.0. The van der Waals surface area contributed by atoms with Gasteiger partial charge in [0.2, 0.25) is 11.8 Å². The van der Waals surface area contributed by atoms with Gasteiger partial charge in [0, 0.05) is 38.5 Å². The molecule has 3 N–H and O–H groups in total. The molecule has 0 aliphatic rings. The number of halogens is 2. The molecule has 0 spiro atoms. The van der Waals surface area contributed by atoms with E-state index < -0.39 is 11.9 Å². The average molecular weight is 425 g/mol. The number of carboxylic acids is 1. The lowest BCUT2D eigenvalue weighted by Gasteiger charge is -2.07. The molecular formula is C18H14Cl2N2O4S. The average Bonchev–Trinajstić information content (AvgIpc) is 2.58. The predicted molar refractivity (Wildman–Crippen MR) is 108 cm³/mol. The third-order valence-corrected chi connectivity index (χ3v) is 4.46. The molecule has 0 unspecified atom stereocenters. The Kier molecular flexibility index (Phi) is 7.72. The van der Waals surface area contributed by atoms with Gasteiger partial charge in [-0.3, -0.25) is 9.59 Å². The molecule has 2 aromatic carbocycles. The number of hydrogen-bond acceptors (Lipinski definition) is 4. The molecule has 0 fully saturated rings. The molecule has 0 aromatic heterocycles. The summed E-state index contributed by atoms with van der Waals surface area (Å²) < 4.78 is 0. The van der Waals surface area contributed by atoms with Crippen LogP contribution in [-0.4, -0.2) is 28.6 Å². The van der Waals surface area contributed by atoms with Gasteiger partial charge in [-0.1, -0.05) is 23.2 Å². The topological polar surface area (TPSA) is 95.5 Å². The van der Waals surface area contributed by atoms with Crippen LogP contribution in [-0.2, 0) is 14.4 Å². The minimum atomic E-state index is -1.20. The molecule has 0 saturated carbocycles. The molecule has 2 rings (SSSR count). The van der Waals surface area contributed by atoms with Gasteiger partial charge in [-0.2, -0.15) is 0 Å². The van der Waals surface area contributed by atoms with Gasteiger partial charge >= 0.3 is 5.97 Å². The highest BCUT2D eigenvalue weighted by atomic mass is 35.5. The summed E-state index contributed by atoms with van der Waals surface area (Å²) in [4.78, 5) is 34.7. The summed E-state index contributed by atoms with van der Waals surface area (Å²) in [7, 11) is 0. The van der Waals surface area contributed by atoms with Gasteiger partial charge in [0.25, 0.3) is 0 Å². The third-order valence-electron chi connectivity index (χ3n) is 3.02. The van der Waals surface area contributed by atoms with E-state index in [-0.39, 0.29) is 11.7 Å². The normalized spacial score (nSPS) is 10.6. The first-order valence-electron chi connectivity index (χ1n) is 7.52. The number of anilines is 2. The fraction of sp³-hybridized carbons (Fsp3) is 0.0556. The number of thioether (sulfide) groups is 1. The van der Waals surface area contributed by atoms with Gasteiger partial charge < -0.3 is 15.7 Å². The molecule has 0 aliphatic heterocycles. The van der Waals surface area contributed by atoms with Gasteiger partial charge in [-0.05, 0) is 42.5 Å². The van der Waals surface area contributed by atoms with E-state index in [1.165, 1.54) is 11.8 Å². The molecule has 2 aromatic rings. The first-order valence-corrected chi connectivity index (χ1v) is 9.27. The van der Waals surface area contributed by atoms with Crippen LogP contribution in [0.2, 0.25) is 10.0 Å². The molecule has 0 atom stereocenters. The number of aliphatic carboxylic acids is 1. The van der Waals surface area contributed by atoms with Crippen molar-refractivity contribution in [3.63, 3.8) is 0 Å². The maximum Gasteiger partial charge on any atom is 0.328 e. The van der Waals surface area contributed by atoms with Gasteiger partial charge in [0.15, 0.2) is 0 Å². The number of carbonyl (C=O) groups is 3. The van der Waals surface area contributed by atoms with Crippen LogP contribution in [0.4, 0.5) is 11.4 Å². The van der Waals surface area contributed by atoms with E-state index in [9.17, 15) is 14.4 Å². The molecule has 27 heavy (non-hydrogen) atoms. The van der Waals surface area contributed by atoms with Crippen molar-refractivity contribution in [1.29, 1.82) is 0 Å². The zero-order valence-corrected chi connectivity index (χ0v) is 16.1. The van der Waals surface area contributed by atoms with Crippen molar-refractivity contribution in [2.45, 2.75) is 4.90 Å². The number of benzene rings is 2. The van der Waals surface area contributed by atoms with Crippen molar-refractivity contribution in [2.24, 2.45) is 0 Å². The molecule has 0 aliphatic carbocycles. The fourth-order valence-electron chi connectivity index (χ4n) is 1.94. The summed E-state index contributed by atoms with van der Waals surface area (Å²) in [6, 6.07) is 11.6. The summed E-state index contributed by atoms with van der Waals surface area (Å²) >= 11 is 13.1. The smallest absolute Gasteiger partial charge is 0.328 e. The van der Waals surface area contributed by atoms with E-state index in [4.69, 9.17) is 28.3 Å². The molecule has 6 nitrogen and oxygen atoms in total. The standard InChI is InChI=1S/C18H14Cl2N2O4S/c19-11-7-12(20)9-14(8-11)22-17(24)10-27-15-3-1-13(2-4-15)21-16(23)5-6-18(25)26/h1-9H,10H2,(H,21,23)(H,22,24)(H,25,26)/b6-5+. The van der Waals surface area contributed by atoms with Crippen molar-refractivity contribution < 1.29 is 19.5 Å². The first-order chi connectivity index (χ1) is 12.8. The Morgan fingerprint density at radius 2 is 1.56 bits per heavy atom. The SMILES string of the molecule is O=C(O)/C=C/C(=O)Nc1ccc(SCC(=O)Nc2cc(Cl)cc(Cl)c2)cc1. The third kappa shape index (κ3) is 7.74. The highest BCUT2D eigenvalue weighted by Crippen LogP contribution is 2.24. The lowest BCUT2D eigenvalue weighted by molar-refractivity contribution is -0.131. The van der Waals surface area contributed by atoms with E-state index >= 15 is 0 Å². The number of hydrogen-bond donors (Lipinski definition) is 3. The van der Waals surface area contributed by atoms with Crippen LogP contribution in [0.1, 0.15) is 0 Å². The van der Waals surface area contributed by atoms with Crippen LogP contribution in [0.3, 0.4) is 0 Å². The van der Waals surface area contributed by atoms with Gasteiger partial charge in [-0.25, -0.2) is 4.79 Å². The monoisotopic (exact) mass is 424 g/mol. The van der Waals surface area contributed by atoms with E-state index in [1.54, 1.807) is 42.5 Å². The van der Waals surface area contributed by atoms with Crippen molar-refractivity contribution in [1.82, 2.24) is 0 Å². The van der Waals surface area contributed by atoms with Crippen molar-refractivity contribution in [3.05, 3.63) is 64.7 Å². The predicted octanol–water partition coefficient (Wildman–Crippen LogP) is 4.30. The van der Waals surface area contributed by atoms with Crippen LogP contribution in [0, 0.1) is 0 Å². The van der Waals surface area contributed by atoms with Crippen molar-refractivity contribution in [2.75, 3.05) is 16.4 Å². The van der Waals surface area contributed by atoms with Crippen LogP contribution in [0.25, 0.3) is 0 Å². The fourth-order valence-corrected chi connectivity index (χ4v) is 3.16. The van der Waals surface area contributed by atoms with E-state index in [2.05, 4.69) is 10.6 Å². The molecule has 0 radical (unpaired) electrons. The quantitative estimate of drug-likeness (QED) is 0.454. The Morgan fingerprint density at radius 1 is 0.926 bits per heavy atom. The van der Waals surface area contributed by atoms with Crippen LogP contribution in [0.5, 0.6) is 0 Å². The van der Waals surface area contributed by atoms with E-state index in [0.717, 1.165) is 17.0 Å². The molecule has 9 heteroatoms. The van der Waals surface area contributed by atoms with Gasteiger partial charge in [0.1, 0.15) is 0 Å². The lowest BCUT2D eigenvalue weighted by Crippen LogP contribution is -2.14. The van der Waals surface area contributed by atoms with Crippen LogP contribution in [0.15, 0.2) is 59.5 Å². The molecule has 140 valence electrons. The Hall–Kier alpha value is -2.48. The zero-order valence-electron chi connectivity index (χ0n) is 13.7. The van der Waals surface area contributed by atoms with Gasteiger partial charge in [0.05, 0.1) is 5.75 Å². The van der Waals surface area contributed by atoms with Crippen LogP contribution >= 0.6 is 35.0 Å². The van der Waals surface area contributed by atoms with E-state index in [0.29, 0.717) is 21.4 Å². The Labute approximate surface area is 169 Å². The summed E-state index contributed by atoms with van der Waals surface area (Å²) in [5, 5.41) is 14.6. The minimum Gasteiger partial charge on any atom is -0.478 e. The lowest BCUT2D eigenvalue weighted by atomic mass is 10.3. The Bertz CT molecular complexity index is 865. The second kappa shape index (κ2) is 10.0. The second-order valence-corrected chi connectivity index (χ2v) is 7.10. The Balaban J connectivity index is 1.84. The minimum absolute atomic E-state index is 0.178.